The first-order valence-electron chi connectivity index (χ1n) is 8.39. The van der Waals surface area contributed by atoms with Gasteiger partial charge in [-0.15, -0.1) is 0 Å². The molecule has 0 fully saturated rings. The van der Waals surface area contributed by atoms with Crippen LogP contribution < -0.4 is 5.32 Å². The number of amides is 1. The lowest BCUT2D eigenvalue weighted by Crippen LogP contribution is -2.42. The van der Waals surface area contributed by atoms with Gasteiger partial charge in [0.1, 0.15) is 11.7 Å². The van der Waals surface area contributed by atoms with Crippen molar-refractivity contribution < 1.29 is 14.7 Å². The maximum atomic E-state index is 12.7. The average molecular weight is 351 g/mol. The Morgan fingerprint density at radius 2 is 1.88 bits per heavy atom. The summed E-state index contributed by atoms with van der Waals surface area (Å²) in [6, 6.07) is 6.53. The SMILES string of the molecule is Cc1cc(C)c2[nH]c(C(=O)N[C@@H](Cc3ccncc3)C(=O)O)c(C)c2c1. The Kier molecular flexibility index (Phi) is 4.75. The van der Waals surface area contributed by atoms with Crippen molar-refractivity contribution in [2.24, 2.45) is 0 Å². The third-order valence-electron chi connectivity index (χ3n) is 4.53. The normalized spacial score (nSPS) is 12.1. The zero-order chi connectivity index (χ0) is 18.8. The number of nitrogens with one attached hydrogen (secondary N) is 2. The van der Waals surface area contributed by atoms with Gasteiger partial charge in [0.25, 0.3) is 5.91 Å². The van der Waals surface area contributed by atoms with Crippen molar-refractivity contribution in [1.82, 2.24) is 15.3 Å². The minimum atomic E-state index is -1.07. The average Bonchev–Trinajstić information content (AvgIpc) is 2.92. The van der Waals surface area contributed by atoms with Crippen LogP contribution in [0.2, 0.25) is 0 Å². The zero-order valence-corrected chi connectivity index (χ0v) is 15.0. The fraction of sp³-hybridized carbons (Fsp3) is 0.250. The van der Waals surface area contributed by atoms with Crippen LogP contribution in [0.25, 0.3) is 10.9 Å². The number of hydrogen-bond acceptors (Lipinski definition) is 3. The van der Waals surface area contributed by atoms with Crippen LogP contribution in [0, 0.1) is 20.8 Å². The van der Waals surface area contributed by atoms with Gasteiger partial charge in [-0.1, -0.05) is 11.6 Å². The quantitative estimate of drug-likeness (QED) is 0.659. The van der Waals surface area contributed by atoms with Crippen LogP contribution in [0.15, 0.2) is 36.7 Å². The molecule has 0 aliphatic carbocycles. The molecule has 0 spiro atoms. The van der Waals surface area contributed by atoms with Gasteiger partial charge in [-0.2, -0.15) is 0 Å². The molecule has 0 aliphatic rings. The number of carbonyl (C=O) groups excluding carboxylic acids is 1. The number of pyridine rings is 1. The van der Waals surface area contributed by atoms with E-state index in [1.807, 2.05) is 32.9 Å². The summed E-state index contributed by atoms with van der Waals surface area (Å²) in [4.78, 5) is 31.4. The van der Waals surface area contributed by atoms with Gasteiger partial charge in [0.2, 0.25) is 0 Å². The Morgan fingerprint density at radius 3 is 2.54 bits per heavy atom. The smallest absolute Gasteiger partial charge is 0.326 e. The summed E-state index contributed by atoms with van der Waals surface area (Å²) in [7, 11) is 0. The Labute approximate surface area is 151 Å². The van der Waals surface area contributed by atoms with E-state index in [0.717, 1.165) is 33.2 Å². The van der Waals surface area contributed by atoms with Crippen LogP contribution in [0.1, 0.15) is 32.7 Å². The fourth-order valence-electron chi connectivity index (χ4n) is 3.19. The number of H-pyrrole nitrogens is 1. The molecule has 0 aliphatic heterocycles. The molecule has 6 nitrogen and oxygen atoms in total. The van der Waals surface area contributed by atoms with Crippen molar-refractivity contribution in [3.63, 3.8) is 0 Å². The highest BCUT2D eigenvalue weighted by atomic mass is 16.4. The molecule has 0 radical (unpaired) electrons. The van der Waals surface area contributed by atoms with E-state index >= 15 is 0 Å². The number of hydrogen-bond donors (Lipinski definition) is 3. The van der Waals surface area contributed by atoms with E-state index in [9.17, 15) is 14.7 Å². The molecule has 134 valence electrons. The largest absolute Gasteiger partial charge is 0.480 e. The fourth-order valence-corrected chi connectivity index (χ4v) is 3.19. The number of aryl methyl sites for hydroxylation is 3. The van der Waals surface area contributed by atoms with Gasteiger partial charge >= 0.3 is 5.97 Å². The molecule has 0 unspecified atom stereocenters. The van der Waals surface area contributed by atoms with Crippen LogP contribution in [-0.4, -0.2) is 33.0 Å². The maximum Gasteiger partial charge on any atom is 0.326 e. The molecule has 0 saturated carbocycles. The Hall–Kier alpha value is -3.15. The van der Waals surface area contributed by atoms with Gasteiger partial charge < -0.3 is 15.4 Å². The number of aromatic amines is 1. The first-order valence-corrected chi connectivity index (χ1v) is 8.39. The van der Waals surface area contributed by atoms with E-state index < -0.39 is 17.9 Å². The van der Waals surface area contributed by atoms with Crippen LogP contribution in [0.5, 0.6) is 0 Å². The lowest BCUT2D eigenvalue weighted by Gasteiger charge is -2.14. The molecular weight excluding hydrogens is 330 g/mol. The summed E-state index contributed by atoms with van der Waals surface area (Å²) in [5, 5.41) is 13.1. The van der Waals surface area contributed by atoms with Crippen LogP contribution in [-0.2, 0) is 11.2 Å². The highest BCUT2D eigenvalue weighted by molar-refractivity contribution is 6.02. The van der Waals surface area contributed by atoms with Gasteiger partial charge in [0, 0.05) is 29.7 Å². The van der Waals surface area contributed by atoms with E-state index in [0.29, 0.717) is 5.69 Å². The van der Waals surface area contributed by atoms with E-state index in [4.69, 9.17) is 0 Å². The predicted molar refractivity (Wildman–Crippen MR) is 99.3 cm³/mol. The minimum Gasteiger partial charge on any atom is -0.480 e. The van der Waals surface area contributed by atoms with Gasteiger partial charge in [-0.05, 0) is 55.7 Å². The molecule has 2 heterocycles. The Bertz CT molecular complexity index is 977. The van der Waals surface area contributed by atoms with Crippen molar-refractivity contribution >= 4 is 22.8 Å². The Balaban J connectivity index is 1.88. The highest BCUT2D eigenvalue weighted by Crippen LogP contribution is 2.26. The summed E-state index contributed by atoms with van der Waals surface area (Å²) < 4.78 is 0. The number of nitrogens with zero attached hydrogens (tertiary/aromatic N) is 1. The Morgan fingerprint density at radius 1 is 1.19 bits per heavy atom. The zero-order valence-electron chi connectivity index (χ0n) is 15.0. The lowest BCUT2D eigenvalue weighted by molar-refractivity contribution is -0.139. The molecule has 3 N–H and O–H groups in total. The van der Waals surface area contributed by atoms with E-state index in [2.05, 4.69) is 15.3 Å². The third kappa shape index (κ3) is 3.44. The topological polar surface area (TPSA) is 95.1 Å². The van der Waals surface area contributed by atoms with E-state index in [1.54, 1.807) is 24.5 Å². The molecular formula is C20H21N3O3. The van der Waals surface area contributed by atoms with Gasteiger partial charge in [0.15, 0.2) is 0 Å². The molecule has 6 heteroatoms. The second-order valence-electron chi connectivity index (χ2n) is 6.55. The van der Waals surface area contributed by atoms with E-state index in [1.165, 1.54) is 0 Å². The number of fused-ring (bicyclic) bond motifs is 1. The molecule has 3 aromatic rings. The second kappa shape index (κ2) is 7.00. The van der Waals surface area contributed by atoms with Crippen molar-refractivity contribution in [2.45, 2.75) is 33.2 Å². The monoisotopic (exact) mass is 351 g/mol. The summed E-state index contributed by atoms with van der Waals surface area (Å²) >= 11 is 0. The molecule has 1 atom stereocenters. The summed E-state index contributed by atoms with van der Waals surface area (Å²) in [6.45, 7) is 5.86. The number of carboxylic acid groups (broad SMARTS) is 1. The first-order chi connectivity index (χ1) is 12.4. The first kappa shape index (κ1) is 17.7. The molecule has 3 rings (SSSR count). The molecule has 2 aromatic heterocycles. The van der Waals surface area contributed by atoms with Gasteiger partial charge in [-0.25, -0.2) is 4.79 Å². The second-order valence-corrected chi connectivity index (χ2v) is 6.55. The number of carboxylic acids is 1. The molecule has 1 aromatic carbocycles. The molecule has 1 amide bonds. The third-order valence-corrected chi connectivity index (χ3v) is 4.53. The van der Waals surface area contributed by atoms with Gasteiger partial charge in [0.05, 0.1) is 0 Å². The maximum absolute atomic E-state index is 12.7. The van der Waals surface area contributed by atoms with E-state index in [-0.39, 0.29) is 6.42 Å². The van der Waals surface area contributed by atoms with Crippen molar-refractivity contribution in [3.05, 3.63) is 64.6 Å². The summed E-state index contributed by atoms with van der Waals surface area (Å²) in [5.41, 5.74) is 5.08. The van der Waals surface area contributed by atoms with Gasteiger partial charge in [-0.3, -0.25) is 9.78 Å². The molecule has 26 heavy (non-hydrogen) atoms. The lowest BCUT2D eigenvalue weighted by atomic mass is 10.0. The number of aromatic nitrogens is 2. The molecule has 0 saturated heterocycles. The van der Waals surface area contributed by atoms with Crippen LogP contribution in [0.3, 0.4) is 0 Å². The number of benzene rings is 1. The number of rotatable bonds is 5. The molecule has 0 bridgehead atoms. The summed E-state index contributed by atoms with van der Waals surface area (Å²) in [6.07, 6.45) is 3.40. The standard InChI is InChI=1S/C20H21N3O3/c1-11-8-12(2)17-15(9-11)13(3)18(23-17)19(24)22-16(20(25)26)10-14-4-6-21-7-5-14/h4-9,16,23H,10H2,1-3H3,(H,22,24)(H,25,26)/t16-/m0/s1. The highest BCUT2D eigenvalue weighted by Gasteiger charge is 2.24. The van der Waals surface area contributed by atoms with Crippen LogP contribution in [0.4, 0.5) is 0 Å². The predicted octanol–water partition coefficient (Wildman–Crippen LogP) is 2.91. The van der Waals surface area contributed by atoms with Crippen LogP contribution >= 0.6 is 0 Å². The van der Waals surface area contributed by atoms with Crippen molar-refractivity contribution in [2.75, 3.05) is 0 Å². The summed E-state index contributed by atoms with van der Waals surface area (Å²) in [5.74, 6) is -1.49. The number of aliphatic carboxylic acids is 1. The number of carbonyl (C=O) groups is 2. The van der Waals surface area contributed by atoms with Crippen molar-refractivity contribution in [3.8, 4) is 0 Å². The van der Waals surface area contributed by atoms with Crippen molar-refractivity contribution in [1.29, 1.82) is 0 Å². The minimum absolute atomic E-state index is 0.195.